The Kier molecular flexibility index (Phi) is 4.44. The molecule has 1 saturated carbocycles. The van der Waals surface area contributed by atoms with E-state index in [-0.39, 0.29) is 11.9 Å². The number of carbonyl (C=O) groups is 2. The molecule has 0 spiro atoms. The van der Waals surface area contributed by atoms with Gasteiger partial charge in [0.25, 0.3) is 0 Å². The van der Waals surface area contributed by atoms with Gasteiger partial charge in [0.2, 0.25) is 0 Å². The molecular formula is C19H20O4. The van der Waals surface area contributed by atoms with E-state index in [9.17, 15) is 14.7 Å². The summed E-state index contributed by atoms with van der Waals surface area (Å²) >= 11 is 0. The second-order valence-electron chi connectivity index (χ2n) is 6.20. The number of carbonyl (C=O) groups excluding carboxylic acids is 1. The lowest BCUT2D eigenvalue weighted by atomic mass is 9.93. The van der Waals surface area contributed by atoms with Crippen molar-refractivity contribution in [3.05, 3.63) is 48.0 Å². The molecule has 1 N–H and O–H groups in total. The number of hydrogen-bond acceptors (Lipinski definition) is 3. The molecule has 0 radical (unpaired) electrons. The molecule has 0 aromatic heterocycles. The van der Waals surface area contributed by atoms with Gasteiger partial charge in [-0.15, -0.1) is 0 Å². The van der Waals surface area contributed by atoms with Crippen molar-refractivity contribution in [2.24, 2.45) is 11.8 Å². The number of carboxylic acids is 1. The smallest absolute Gasteiger partial charge is 0.307 e. The lowest BCUT2D eigenvalue weighted by Crippen LogP contribution is -2.23. The lowest BCUT2D eigenvalue weighted by Gasteiger charge is -2.13. The fraction of sp³-hybridized carbons (Fsp3) is 0.368. The Balaban J connectivity index is 1.71. The van der Waals surface area contributed by atoms with E-state index in [1.54, 1.807) is 0 Å². The Morgan fingerprint density at radius 2 is 1.78 bits per heavy atom. The molecule has 2 aromatic rings. The van der Waals surface area contributed by atoms with Gasteiger partial charge >= 0.3 is 5.97 Å². The van der Waals surface area contributed by atoms with Crippen LogP contribution in [-0.4, -0.2) is 23.0 Å². The van der Waals surface area contributed by atoms with Gasteiger partial charge < -0.3 is 9.84 Å². The highest BCUT2D eigenvalue weighted by molar-refractivity contribution is 5.86. The first kappa shape index (κ1) is 15.7. The van der Waals surface area contributed by atoms with E-state index in [4.69, 9.17) is 4.74 Å². The van der Waals surface area contributed by atoms with Gasteiger partial charge in [0, 0.05) is 5.92 Å². The van der Waals surface area contributed by atoms with Crippen molar-refractivity contribution in [3.8, 4) is 0 Å². The number of benzene rings is 2. The molecule has 0 amide bonds. The first-order valence-electron chi connectivity index (χ1n) is 7.87. The summed E-state index contributed by atoms with van der Waals surface area (Å²) in [4.78, 5) is 22.9. The number of aliphatic carboxylic acids is 1. The van der Waals surface area contributed by atoms with E-state index in [1.165, 1.54) is 6.92 Å². The number of hydrogen-bond donors (Lipinski definition) is 1. The zero-order valence-electron chi connectivity index (χ0n) is 13.1. The van der Waals surface area contributed by atoms with E-state index < -0.39 is 17.8 Å². The molecule has 0 heterocycles. The van der Waals surface area contributed by atoms with E-state index in [0.717, 1.165) is 16.3 Å². The summed E-state index contributed by atoms with van der Waals surface area (Å²) in [7, 11) is 0. The van der Waals surface area contributed by atoms with Crippen LogP contribution in [0.4, 0.5) is 0 Å². The number of rotatable bonds is 5. The van der Waals surface area contributed by atoms with Crippen molar-refractivity contribution in [1.29, 1.82) is 0 Å². The fourth-order valence-electron chi connectivity index (χ4n) is 3.48. The highest BCUT2D eigenvalue weighted by Crippen LogP contribution is 2.35. The molecule has 3 atom stereocenters. The zero-order chi connectivity index (χ0) is 16.4. The van der Waals surface area contributed by atoms with Crippen molar-refractivity contribution in [2.75, 3.05) is 0 Å². The third kappa shape index (κ3) is 3.27. The van der Waals surface area contributed by atoms with Crippen LogP contribution in [0.1, 0.15) is 25.3 Å². The fourth-order valence-corrected chi connectivity index (χ4v) is 3.48. The predicted molar refractivity (Wildman–Crippen MR) is 87.1 cm³/mol. The lowest BCUT2D eigenvalue weighted by molar-refractivity contribution is -0.145. The van der Waals surface area contributed by atoms with E-state index in [1.807, 2.05) is 24.3 Å². The maximum atomic E-state index is 11.6. The second-order valence-corrected chi connectivity index (χ2v) is 6.20. The summed E-state index contributed by atoms with van der Waals surface area (Å²) in [6.45, 7) is 1.90. The van der Waals surface area contributed by atoms with Crippen LogP contribution in [0.3, 0.4) is 0 Å². The van der Waals surface area contributed by atoms with Gasteiger partial charge in [-0.05, 0) is 36.1 Å². The number of ether oxygens (including phenoxy) is 1. The molecule has 4 heteroatoms. The number of Topliss-reactive ketones (excluding diaryl/α,β-unsaturated/α-hetero) is 1. The normalized spacial score (nSPS) is 24.0. The summed E-state index contributed by atoms with van der Waals surface area (Å²) in [5, 5.41) is 11.6. The molecule has 3 rings (SSSR count). The Morgan fingerprint density at radius 1 is 1.09 bits per heavy atom. The maximum Gasteiger partial charge on any atom is 0.307 e. The van der Waals surface area contributed by atoms with E-state index in [0.29, 0.717) is 19.4 Å². The van der Waals surface area contributed by atoms with Crippen molar-refractivity contribution < 1.29 is 19.4 Å². The minimum atomic E-state index is -0.901. The molecule has 1 aliphatic carbocycles. The molecule has 1 aliphatic rings. The third-order valence-electron chi connectivity index (χ3n) is 4.71. The van der Waals surface area contributed by atoms with Gasteiger partial charge in [-0.25, -0.2) is 0 Å². The molecule has 0 saturated heterocycles. The largest absolute Gasteiger partial charge is 0.481 e. The van der Waals surface area contributed by atoms with Crippen LogP contribution in [0.2, 0.25) is 0 Å². The highest BCUT2D eigenvalue weighted by Gasteiger charge is 2.41. The van der Waals surface area contributed by atoms with Crippen LogP contribution < -0.4 is 0 Å². The van der Waals surface area contributed by atoms with Gasteiger partial charge in [-0.2, -0.15) is 0 Å². The van der Waals surface area contributed by atoms with Crippen LogP contribution >= 0.6 is 0 Å². The van der Waals surface area contributed by atoms with Gasteiger partial charge in [-0.1, -0.05) is 42.5 Å². The summed E-state index contributed by atoms with van der Waals surface area (Å²) < 4.78 is 5.94. The molecule has 1 fully saturated rings. The SMILES string of the molecule is CC(=O)C1C[C@H](OCc2cccc3ccccc23)C[C@H]1C(=O)O. The average Bonchev–Trinajstić information content (AvgIpc) is 2.98. The van der Waals surface area contributed by atoms with E-state index in [2.05, 4.69) is 18.2 Å². The van der Waals surface area contributed by atoms with Crippen molar-refractivity contribution in [2.45, 2.75) is 32.5 Å². The summed E-state index contributed by atoms with van der Waals surface area (Å²) in [5.41, 5.74) is 1.08. The van der Waals surface area contributed by atoms with Crippen molar-refractivity contribution in [1.82, 2.24) is 0 Å². The summed E-state index contributed by atoms with van der Waals surface area (Å²) in [5.74, 6) is -2.01. The third-order valence-corrected chi connectivity index (χ3v) is 4.71. The minimum absolute atomic E-state index is 0.0614. The first-order valence-corrected chi connectivity index (χ1v) is 7.87. The van der Waals surface area contributed by atoms with Crippen LogP contribution in [-0.2, 0) is 20.9 Å². The van der Waals surface area contributed by atoms with Crippen molar-refractivity contribution >= 4 is 22.5 Å². The van der Waals surface area contributed by atoms with Gasteiger partial charge in [-0.3, -0.25) is 9.59 Å². The summed E-state index contributed by atoms with van der Waals surface area (Å²) in [6, 6.07) is 14.2. The quantitative estimate of drug-likeness (QED) is 0.919. The van der Waals surface area contributed by atoms with E-state index >= 15 is 0 Å². The molecule has 2 aromatic carbocycles. The average molecular weight is 312 g/mol. The van der Waals surface area contributed by atoms with Crippen LogP contribution in [0.15, 0.2) is 42.5 Å². The standard InChI is InChI=1S/C19H20O4/c1-12(20)17-9-15(10-18(17)19(21)22)23-11-14-7-4-6-13-5-2-3-8-16(13)14/h2-8,15,17-18H,9-11H2,1H3,(H,21,22)/t15-,17?,18+/m0/s1. The summed E-state index contributed by atoms with van der Waals surface area (Å²) in [6.07, 6.45) is 0.727. The van der Waals surface area contributed by atoms with Gasteiger partial charge in [0.1, 0.15) is 5.78 Å². The minimum Gasteiger partial charge on any atom is -0.481 e. The topological polar surface area (TPSA) is 63.6 Å². The second kappa shape index (κ2) is 6.50. The Morgan fingerprint density at radius 3 is 2.48 bits per heavy atom. The number of fused-ring (bicyclic) bond motifs is 1. The van der Waals surface area contributed by atoms with Crippen LogP contribution in [0.5, 0.6) is 0 Å². The molecule has 120 valence electrons. The monoisotopic (exact) mass is 312 g/mol. The molecule has 4 nitrogen and oxygen atoms in total. The molecule has 23 heavy (non-hydrogen) atoms. The Bertz CT molecular complexity index is 710. The Hall–Kier alpha value is -2.20. The number of ketones is 1. The van der Waals surface area contributed by atoms with Gasteiger partial charge in [0.15, 0.2) is 0 Å². The van der Waals surface area contributed by atoms with Crippen molar-refractivity contribution in [3.63, 3.8) is 0 Å². The first-order chi connectivity index (χ1) is 11.1. The van der Waals surface area contributed by atoms with Crippen LogP contribution in [0, 0.1) is 11.8 Å². The predicted octanol–water partition coefficient (Wildman–Crippen LogP) is 3.42. The van der Waals surface area contributed by atoms with Gasteiger partial charge in [0.05, 0.1) is 18.6 Å². The molecule has 1 unspecified atom stereocenters. The molecule has 0 aliphatic heterocycles. The maximum absolute atomic E-state index is 11.6. The molecular weight excluding hydrogens is 292 g/mol. The molecule has 0 bridgehead atoms. The van der Waals surface area contributed by atoms with Crippen LogP contribution in [0.25, 0.3) is 10.8 Å². The highest BCUT2D eigenvalue weighted by atomic mass is 16.5. The zero-order valence-corrected chi connectivity index (χ0v) is 13.1. The number of carboxylic acid groups (broad SMARTS) is 1. The Labute approximate surface area is 135 Å².